The fourth-order valence-electron chi connectivity index (χ4n) is 1.83. The number of nitrogens with one attached hydrogen (secondary N) is 1. The summed E-state index contributed by atoms with van der Waals surface area (Å²) in [7, 11) is 1.93. The molecule has 0 aliphatic heterocycles. The summed E-state index contributed by atoms with van der Waals surface area (Å²) in [4.78, 5) is 0. The summed E-state index contributed by atoms with van der Waals surface area (Å²) in [5.74, 6) is 0. The van der Waals surface area contributed by atoms with Gasteiger partial charge in [0.2, 0.25) is 0 Å². The summed E-state index contributed by atoms with van der Waals surface area (Å²) in [5, 5.41) is 7.77. The zero-order chi connectivity index (χ0) is 11.5. The minimum Gasteiger partial charge on any atom is -0.379 e. The van der Waals surface area contributed by atoms with Crippen LogP contribution in [0.25, 0.3) is 0 Å². The van der Waals surface area contributed by atoms with Crippen molar-refractivity contribution < 1.29 is 0 Å². The molecule has 1 aromatic carbocycles. The molecule has 3 nitrogen and oxygen atoms in total. The SMILES string of the molecule is Cc1cccc(C)c1NCc1ccn(C)n1. The van der Waals surface area contributed by atoms with Crippen molar-refractivity contribution in [1.82, 2.24) is 9.78 Å². The molecule has 1 heterocycles. The number of rotatable bonds is 3. The van der Waals surface area contributed by atoms with Crippen molar-refractivity contribution in [3.63, 3.8) is 0 Å². The highest BCUT2D eigenvalue weighted by Crippen LogP contribution is 2.19. The molecule has 0 amide bonds. The maximum absolute atomic E-state index is 4.34. The van der Waals surface area contributed by atoms with Gasteiger partial charge in [-0.1, -0.05) is 18.2 Å². The van der Waals surface area contributed by atoms with Crippen molar-refractivity contribution in [1.29, 1.82) is 0 Å². The van der Waals surface area contributed by atoms with Crippen molar-refractivity contribution >= 4 is 5.69 Å². The maximum atomic E-state index is 4.34. The Morgan fingerprint density at radius 2 is 1.88 bits per heavy atom. The molecule has 1 aromatic heterocycles. The van der Waals surface area contributed by atoms with Crippen LogP contribution >= 0.6 is 0 Å². The van der Waals surface area contributed by atoms with Crippen LogP contribution in [-0.4, -0.2) is 9.78 Å². The van der Waals surface area contributed by atoms with Crippen molar-refractivity contribution in [2.75, 3.05) is 5.32 Å². The normalized spacial score (nSPS) is 10.4. The van der Waals surface area contributed by atoms with Gasteiger partial charge in [0.25, 0.3) is 0 Å². The van der Waals surface area contributed by atoms with Crippen LogP contribution in [0.2, 0.25) is 0 Å². The van der Waals surface area contributed by atoms with E-state index in [1.807, 2.05) is 24.0 Å². The van der Waals surface area contributed by atoms with Gasteiger partial charge in [-0.25, -0.2) is 0 Å². The van der Waals surface area contributed by atoms with Gasteiger partial charge in [0.1, 0.15) is 0 Å². The molecular weight excluding hydrogens is 198 g/mol. The van der Waals surface area contributed by atoms with Gasteiger partial charge in [0.05, 0.1) is 12.2 Å². The van der Waals surface area contributed by atoms with Crippen molar-refractivity contribution in [2.24, 2.45) is 7.05 Å². The molecule has 16 heavy (non-hydrogen) atoms. The van der Waals surface area contributed by atoms with Crippen molar-refractivity contribution in [3.05, 3.63) is 47.3 Å². The van der Waals surface area contributed by atoms with Gasteiger partial charge in [-0.05, 0) is 31.0 Å². The molecule has 2 aromatic rings. The average Bonchev–Trinajstić information content (AvgIpc) is 2.63. The van der Waals surface area contributed by atoms with Gasteiger partial charge < -0.3 is 5.32 Å². The van der Waals surface area contributed by atoms with Crippen LogP contribution in [-0.2, 0) is 13.6 Å². The Morgan fingerprint density at radius 1 is 1.19 bits per heavy atom. The Morgan fingerprint density at radius 3 is 2.44 bits per heavy atom. The van der Waals surface area contributed by atoms with E-state index in [9.17, 15) is 0 Å². The summed E-state index contributed by atoms with van der Waals surface area (Å²) in [6, 6.07) is 8.35. The summed E-state index contributed by atoms with van der Waals surface area (Å²) in [6.45, 7) is 5.01. The first-order valence-electron chi connectivity index (χ1n) is 5.45. The highest BCUT2D eigenvalue weighted by molar-refractivity contribution is 5.56. The third-order valence-corrected chi connectivity index (χ3v) is 2.70. The number of anilines is 1. The maximum Gasteiger partial charge on any atom is 0.0815 e. The highest BCUT2D eigenvalue weighted by Gasteiger charge is 2.02. The van der Waals surface area contributed by atoms with Crippen LogP contribution < -0.4 is 5.32 Å². The molecule has 0 atom stereocenters. The molecule has 0 aliphatic carbocycles. The summed E-state index contributed by atoms with van der Waals surface area (Å²) >= 11 is 0. The molecule has 0 saturated heterocycles. The van der Waals surface area contributed by atoms with E-state index >= 15 is 0 Å². The number of aromatic nitrogens is 2. The van der Waals surface area contributed by atoms with E-state index in [0.29, 0.717) is 0 Å². The summed E-state index contributed by atoms with van der Waals surface area (Å²) in [5.41, 5.74) is 4.82. The monoisotopic (exact) mass is 215 g/mol. The van der Waals surface area contributed by atoms with E-state index in [-0.39, 0.29) is 0 Å². The Balaban J connectivity index is 2.10. The van der Waals surface area contributed by atoms with Gasteiger partial charge in [-0.15, -0.1) is 0 Å². The van der Waals surface area contributed by atoms with Crippen LogP contribution in [0.5, 0.6) is 0 Å². The Hall–Kier alpha value is -1.77. The van der Waals surface area contributed by atoms with Gasteiger partial charge >= 0.3 is 0 Å². The molecule has 0 saturated carbocycles. The summed E-state index contributed by atoms with van der Waals surface area (Å²) < 4.78 is 1.82. The topological polar surface area (TPSA) is 29.9 Å². The lowest BCUT2D eigenvalue weighted by Gasteiger charge is -2.11. The molecule has 0 fully saturated rings. The van der Waals surface area contributed by atoms with Crippen LogP contribution in [0.1, 0.15) is 16.8 Å². The molecule has 0 aliphatic rings. The van der Waals surface area contributed by atoms with Crippen molar-refractivity contribution in [3.8, 4) is 0 Å². The van der Waals surface area contributed by atoms with E-state index in [4.69, 9.17) is 0 Å². The Kier molecular flexibility index (Phi) is 2.95. The Bertz CT molecular complexity index is 465. The van der Waals surface area contributed by atoms with Gasteiger partial charge in [-0.3, -0.25) is 4.68 Å². The first-order chi connectivity index (χ1) is 7.66. The lowest BCUT2D eigenvalue weighted by atomic mass is 10.1. The zero-order valence-electron chi connectivity index (χ0n) is 9.99. The largest absolute Gasteiger partial charge is 0.379 e. The second-order valence-electron chi connectivity index (χ2n) is 4.10. The van der Waals surface area contributed by atoms with Crippen LogP contribution in [0.4, 0.5) is 5.69 Å². The second-order valence-corrected chi connectivity index (χ2v) is 4.10. The number of nitrogens with zero attached hydrogens (tertiary/aromatic N) is 2. The molecule has 0 bridgehead atoms. The minimum absolute atomic E-state index is 0.770. The van der Waals surface area contributed by atoms with Gasteiger partial charge in [-0.2, -0.15) is 5.10 Å². The van der Waals surface area contributed by atoms with Crippen LogP contribution in [0.3, 0.4) is 0 Å². The smallest absolute Gasteiger partial charge is 0.0815 e. The predicted molar refractivity (Wildman–Crippen MR) is 66.5 cm³/mol. The average molecular weight is 215 g/mol. The molecule has 3 heteroatoms. The molecule has 0 spiro atoms. The Labute approximate surface area is 96.1 Å². The molecule has 0 radical (unpaired) electrons. The van der Waals surface area contributed by atoms with Crippen LogP contribution in [0, 0.1) is 13.8 Å². The van der Waals surface area contributed by atoms with E-state index in [2.05, 4.69) is 42.5 Å². The number of hydrogen-bond acceptors (Lipinski definition) is 2. The number of aryl methyl sites for hydroxylation is 3. The quantitative estimate of drug-likeness (QED) is 0.853. The fraction of sp³-hybridized carbons (Fsp3) is 0.308. The van der Waals surface area contributed by atoms with E-state index in [1.54, 1.807) is 0 Å². The number of para-hydroxylation sites is 1. The van der Waals surface area contributed by atoms with Gasteiger partial charge in [0, 0.05) is 18.9 Å². The number of benzene rings is 1. The predicted octanol–water partition coefficient (Wildman–Crippen LogP) is 2.65. The molecular formula is C13H17N3. The second kappa shape index (κ2) is 4.39. The fourth-order valence-corrected chi connectivity index (χ4v) is 1.83. The molecule has 1 N–H and O–H groups in total. The van der Waals surface area contributed by atoms with Crippen molar-refractivity contribution in [2.45, 2.75) is 20.4 Å². The first kappa shape index (κ1) is 10.7. The third kappa shape index (κ3) is 2.24. The molecule has 0 unspecified atom stereocenters. The summed E-state index contributed by atoms with van der Waals surface area (Å²) in [6.07, 6.45) is 1.96. The van der Waals surface area contributed by atoms with E-state index in [1.165, 1.54) is 16.8 Å². The molecule has 2 rings (SSSR count). The minimum atomic E-state index is 0.770. The number of hydrogen-bond donors (Lipinski definition) is 1. The molecule has 84 valence electrons. The lowest BCUT2D eigenvalue weighted by molar-refractivity contribution is 0.747. The highest BCUT2D eigenvalue weighted by atomic mass is 15.3. The van der Waals surface area contributed by atoms with Gasteiger partial charge in [0.15, 0.2) is 0 Å². The standard InChI is InChI=1S/C13H17N3/c1-10-5-4-6-11(2)13(10)14-9-12-7-8-16(3)15-12/h4-8,14H,9H2,1-3H3. The zero-order valence-corrected chi connectivity index (χ0v) is 9.99. The van der Waals surface area contributed by atoms with E-state index < -0.39 is 0 Å². The third-order valence-electron chi connectivity index (χ3n) is 2.70. The lowest BCUT2D eigenvalue weighted by Crippen LogP contribution is -2.04. The first-order valence-corrected chi connectivity index (χ1v) is 5.45. The van der Waals surface area contributed by atoms with Crippen LogP contribution in [0.15, 0.2) is 30.5 Å². The van der Waals surface area contributed by atoms with E-state index in [0.717, 1.165) is 12.2 Å².